The second kappa shape index (κ2) is 7.49. The minimum Gasteiger partial charge on any atom is -0.367 e. The predicted octanol–water partition coefficient (Wildman–Crippen LogP) is 4.00. The van der Waals surface area contributed by atoms with E-state index in [-0.39, 0.29) is 10.8 Å². The van der Waals surface area contributed by atoms with Crippen LogP contribution >= 0.6 is 27.3 Å². The standard InChI is InChI=1S/C18H15BrF2N4OS/c19-10-2-1-3-13-16(10)23-18(27-13)24-17(26)14-11(20)4-5-12(15(14)21)25-8-6-22-7-9-25/h1-5,22H,6-9H2,(H,23,24,26). The van der Waals surface area contributed by atoms with Crippen molar-refractivity contribution in [1.29, 1.82) is 0 Å². The molecule has 2 heterocycles. The van der Waals surface area contributed by atoms with Gasteiger partial charge in [0.25, 0.3) is 5.91 Å². The number of anilines is 2. The predicted molar refractivity (Wildman–Crippen MR) is 107 cm³/mol. The van der Waals surface area contributed by atoms with Crippen molar-refractivity contribution in [3.63, 3.8) is 0 Å². The summed E-state index contributed by atoms with van der Waals surface area (Å²) >= 11 is 4.64. The molecule has 0 spiro atoms. The lowest BCUT2D eigenvalue weighted by Gasteiger charge is -2.30. The van der Waals surface area contributed by atoms with Crippen molar-refractivity contribution in [2.24, 2.45) is 0 Å². The Bertz CT molecular complexity index is 1020. The molecule has 1 saturated heterocycles. The second-order valence-corrected chi connectivity index (χ2v) is 7.94. The van der Waals surface area contributed by atoms with E-state index in [0.29, 0.717) is 31.7 Å². The molecule has 4 rings (SSSR count). The van der Waals surface area contributed by atoms with Gasteiger partial charge in [-0.3, -0.25) is 10.1 Å². The number of amides is 1. The van der Waals surface area contributed by atoms with Crippen molar-refractivity contribution in [2.75, 3.05) is 36.4 Å². The zero-order valence-corrected chi connectivity index (χ0v) is 16.5. The maximum absolute atomic E-state index is 15.0. The van der Waals surface area contributed by atoms with Gasteiger partial charge in [0.15, 0.2) is 10.9 Å². The van der Waals surface area contributed by atoms with E-state index in [1.165, 1.54) is 17.4 Å². The fraction of sp³-hybridized carbons (Fsp3) is 0.222. The highest BCUT2D eigenvalue weighted by Crippen LogP contribution is 2.32. The molecule has 0 bridgehead atoms. The van der Waals surface area contributed by atoms with E-state index in [4.69, 9.17) is 0 Å². The quantitative estimate of drug-likeness (QED) is 0.630. The Balaban J connectivity index is 1.65. The molecule has 1 aliphatic rings. The van der Waals surface area contributed by atoms with Gasteiger partial charge < -0.3 is 10.2 Å². The fourth-order valence-electron chi connectivity index (χ4n) is 3.03. The molecule has 0 unspecified atom stereocenters. The third-order valence-electron chi connectivity index (χ3n) is 4.35. The summed E-state index contributed by atoms with van der Waals surface area (Å²) < 4.78 is 30.9. The van der Waals surface area contributed by atoms with Crippen molar-refractivity contribution >= 4 is 54.2 Å². The van der Waals surface area contributed by atoms with E-state index in [9.17, 15) is 13.6 Å². The van der Waals surface area contributed by atoms with Crippen LogP contribution in [0.4, 0.5) is 19.6 Å². The first-order chi connectivity index (χ1) is 13.0. The fourth-order valence-corrected chi connectivity index (χ4v) is 4.50. The van der Waals surface area contributed by atoms with Crippen LogP contribution in [0.2, 0.25) is 0 Å². The maximum Gasteiger partial charge on any atom is 0.263 e. The zero-order valence-electron chi connectivity index (χ0n) is 14.1. The van der Waals surface area contributed by atoms with E-state index in [1.54, 1.807) is 4.90 Å². The van der Waals surface area contributed by atoms with E-state index in [2.05, 4.69) is 31.5 Å². The number of nitrogens with one attached hydrogen (secondary N) is 2. The third-order valence-corrected chi connectivity index (χ3v) is 5.92. The van der Waals surface area contributed by atoms with Crippen LogP contribution in [0.5, 0.6) is 0 Å². The summed E-state index contributed by atoms with van der Waals surface area (Å²) in [6.45, 7) is 2.60. The van der Waals surface area contributed by atoms with Crippen LogP contribution in [0.3, 0.4) is 0 Å². The van der Waals surface area contributed by atoms with Gasteiger partial charge in [-0.1, -0.05) is 17.4 Å². The minimum atomic E-state index is -0.897. The summed E-state index contributed by atoms with van der Waals surface area (Å²) in [4.78, 5) is 18.7. The molecule has 0 atom stereocenters. The van der Waals surface area contributed by atoms with E-state index >= 15 is 0 Å². The van der Waals surface area contributed by atoms with Crippen LogP contribution in [0.1, 0.15) is 10.4 Å². The topological polar surface area (TPSA) is 57.3 Å². The van der Waals surface area contributed by atoms with Crippen LogP contribution < -0.4 is 15.5 Å². The van der Waals surface area contributed by atoms with Gasteiger partial charge in [-0.2, -0.15) is 0 Å². The molecule has 1 fully saturated rings. The molecule has 1 aromatic heterocycles. The van der Waals surface area contributed by atoms with Crippen LogP contribution in [0, 0.1) is 11.6 Å². The molecular formula is C18H15BrF2N4OS. The number of rotatable bonds is 3. The van der Waals surface area contributed by atoms with Gasteiger partial charge >= 0.3 is 0 Å². The summed E-state index contributed by atoms with van der Waals surface area (Å²) in [6, 6.07) is 8.06. The highest BCUT2D eigenvalue weighted by molar-refractivity contribution is 9.10. The van der Waals surface area contributed by atoms with E-state index in [1.807, 2.05) is 18.2 Å². The van der Waals surface area contributed by atoms with Gasteiger partial charge in [0.05, 0.1) is 15.9 Å². The van der Waals surface area contributed by atoms with Crippen LogP contribution in [0.15, 0.2) is 34.8 Å². The van der Waals surface area contributed by atoms with Crippen LogP contribution in [-0.4, -0.2) is 37.1 Å². The number of halogens is 3. The summed E-state index contributed by atoms with van der Waals surface area (Å²) in [5, 5.41) is 5.98. The minimum absolute atomic E-state index is 0.232. The second-order valence-electron chi connectivity index (χ2n) is 6.05. The molecular weight excluding hydrogens is 438 g/mol. The van der Waals surface area contributed by atoms with Gasteiger partial charge in [-0.05, 0) is 40.2 Å². The number of nitrogens with zero attached hydrogens (tertiary/aromatic N) is 2. The number of thiazole rings is 1. The highest BCUT2D eigenvalue weighted by Gasteiger charge is 2.25. The average molecular weight is 453 g/mol. The monoisotopic (exact) mass is 452 g/mol. The van der Waals surface area contributed by atoms with Crippen LogP contribution in [0.25, 0.3) is 10.2 Å². The normalized spacial score (nSPS) is 14.6. The molecule has 2 N–H and O–H groups in total. The van der Waals surface area contributed by atoms with E-state index in [0.717, 1.165) is 15.2 Å². The molecule has 0 radical (unpaired) electrons. The Morgan fingerprint density at radius 2 is 2.00 bits per heavy atom. The summed E-state index contributed by atoms with van der Waals surface area (Å²) in [7, 11) is 0. The molecule has 2 aromatic carbocycles. The number of fused-ring (bicyclic) bond motifs is 1. The molecule has 3 aromatic rings. The summed E-state index contributed by atoms with van der Waals surface area (Å²) in [5.41, 5.74) is 0.327. The van der Waals surface area contributed by atoms with Crippen molar-refractivity contribution in [3.8, 4) is 0 Å². The van der Waals surface area contributed by atoms with Crippen molar-refractivity contribution in [3.05, 3.63) is 52.0 Å². The summed E-state index contributed by atoms with van der Waals surface area (Å²) in [6.07, 6.45) is 0. The molecule has 27 heavy (non-hydrogen) atoms. The van der Waals surface area contributed by atoms with Crippen molar-refractivity contribution < 1.29 is 13.6 Å². The van der Waals surface area contributed by atoms with Gasteiger partial charge in [0.1, 0.15) is 11.4 Å². The average Bonchev–Trinajstić information content (AvgIpc) is 3.06. The first-order valence-corrected chi connectivity index (χ1v) is 9.95. The lowest BCUT2D eigenvalue weighted by molar-refractivity contribution is 0.101. The smallest absolute Gasteiger partial charge is 0.263 e. The lowest BCUT2D eigenvalue weighted by Crippen LogP contribution is -2.44. The Hall–Kier alpha value is -2.10. The summed E-state index contributed by atoms with van der Waals surface area (Å²) in [5.74, 6) is -2.60. The Morgan fingerprint density at radius 1 is 1.22 bits per heavy atom. The van der Waals surface area contributed by atoms with Gasteiger partial charge in [0, 0.05) is 30.7 Å². The van der Waals surface area contributed by atoms with Crippen LogP contribution in [-0.2, 0) is 0 Å². The third kappa shape index (κ3) is 3.54. The Labute approximate surface area is 166 Å². The number of para-hydroxylation sites is 1. The van der Waals surface area contributed by atoms with Gasteiger partial charge in [-0.15, -0.1) is 0 Å². The first-order valence-electron chi connectivity index (χ1n) is 8.34. The molecule has 140 valence electrons. The number of hydrogen-bond acceptors (Lipinski definition) is 5. The van der Waals surface area contributed by atoms with Crippen molar-refractivity contribution in [2.45, 2.75) is 0 Å². The molecule has 9 heteroatoms. The largest absolute Gasteiger partial charge is 0.367 e. The number of aromatic nitrogens is 1. The number of hydrogen-bond donors (Lipinski definition) is 2. The highest BCUT2D eigenvalue weighted by atomic mass is 79.9. The van der Waals surface area contributed by atoms with E-state index < -0.39 is 23.1 Å². The number of carbonyl (C=O) groups excluding carboxylic acids is 1. The Kier molecular flexibility index (Phi) is 5.07. The number of benzene rings is 2. The molecule has 0 saturated carbocycles. The SMILES string of the molecule is O=C(Nc1nc2c(Br)cccc2s1)c1c(F)ccc(N2CCNCC2)c1F. The lowest BCUT2D eigenvalue weighted by atomic mass is 10.1. The number of carbonyl (C=O) groups is 1. The molecule has 5 nitrogen and oxygen atoms in total. The number of piperazine rings is 1. The molecule has 0 aliphatic carbocycles. The zero-order chi connectivity index (χ0) is 19.0. The Morgan fingerprint density at radius 3 is 2.74 bits per heavy atom. The first kappa shape index (κ1) is 18.3. The van der Waals surface area contributed by atoms with Gasteiger partial charge in [0.2, 0.25) is 0 Å². The molecule has 1 aliphatic heterocycles. The maximum atomic E-state index is 15.0. The van der Waals surface area contributed by atoms with Gasteiger partial charge in [-0.25, -0.2) is 13.8 Å². The molecule has 1 amide bonds. The van der Waals surface area contributed by atoms with Crippen molar-refractivity contribution in [1.82, 2.24) is 10.3 Å².